The predicted octanol–water partition coefficient (Wildman–Crippen LogP) is 17.7. The molecular weight excluding hydrogens is 877 g/mol. The maximum atomic E-state index is 6.54. The number of hydrogen-bond acceptors (Lipinski definition) is 6. The van der Waals surface area contributed by atoms with Gasteiger partial charge in [0, 0.05) is 46.0 Å². The van der Waals surface area contributed by atoms with Crippen molar-refractivity contribution in [2.45, 2.75) is 66.2 Å². The monoisotopic (exact) mass is 949 g/mol. The van der Waals surface area contributed by atoms with E-state index in [0.717, 1.165) is 33.9 Å². The number of anilines is 8. The zero-order valence-corrected chi connectivity index (χ0v) is 43.4. The van der Waals surface area contributed by atoms with Crippen LogP contribution in [-0.4, -0.2) is 0 Å². The molecule has 0 aliphatic carbocycles. The molecule has 9 rings (SSSR count). The summed E-state index contributed by atoms with van der Waals surface area (Å²) in [5.74, 6) is 0. The van der Waals surface area contributed by atoms with Crippen molar-refractivity contribution in [3.05, 3.63) is 277 Å². The van der Waals surface area contributed by atoms with Crippen LogP contribution in [-0.2, 0) is 10.8 Å². The van der Waals surface area contributed by atoms with Crippen LogP contribution in [0.2, 0.25) is 0 Å². The topological polar surface area (TPSA) is 82.6 Å². The van der Waals surface area contributed by atoms with Gasteiger partial charge in [-0.05, 0) is 120 Å². The summed E-state index contributed by atoms with van der Waals surface area (Å²) < 4.78 is 0. The number of nitrogens with zero attached hydrogens (tertiary/aromatic N) is 2. The molecule has 0 amide bonds. The second-order valence-electron chi connectivity index (χ2n) is 18.1. The Labute approximate surface area is 430 Å². The van der Waals surface area contributed by atoms with E-state index in [1.807, 2.05) is 101 Å². The van der Waals surface area contributed by atoms with Crippen molar-refractivity contribution >= 4 is 56.9 Å². The average molecular weight is 949 g/mol. The van der Waals surface area contributed by atoms with Gasteiger partial charge in [-0.2, -0.15) is 0 Å². The first-order chi connectivity index (χ1) is 34.9. The van der Waals surface area contributed by atoms with Crippen molar-refractivity contribution in [1.82, 2.24) is 0 Å². The van der Waals surface area contributed by atoms with Crippen molar-refractivity contribution in [1.29, 1.82) is 0 Å². The van der Waals surface area contributed by atoms with Crippen LogP contribution in [0.4, 0.5) is 45.5 Å². The second kappa shape index (κ2) is 24.9. The molecule has 366 valence electrons. The summed E-state index contributed by atoms with van der Waals surface area (Å²) in [5, 5.41) is 6.77. The highest BCUT2D eigenvalue weighted by Crippen LogP contribution is 2.53. The summed E-state index contributed by atoms with van der Waals surface area (Å²) in [6, 6.07) is 59.7. The van der Waals surface area contributed by atoms with Crippen molar-refractivity contribution in [2.75, 3.05) is 20.4 Å². The highest BCUT2D eigenvalue weighted by Gasteiger charge is 2.37. The number of nitrogens with two attached hydrogens (primary N) is 2. The smallest absolute Gasteiger partial charge is 0.0550 e. The number of para-hydroxylation sites is 4. The van der Waals surface area contributed by atoms with Gasteiger partial charge in [-0.25, -0.2) is 0 Å². The van der Waals surface area contributed by atoms with E-state index in [-0.39, 0.29) is 10.8 Å². The van der Waals surface area contributed by atoms with Crippen LogP contribution < -0.4 is 31.9 Å². The van der Waals surface area contributed by atoms with E-state index in [0.29, 0.717) is 11.4 Å². The van der Waals surface area contributed by atoms with Gasteiger partial charge >= 0.3 is 0 Å². The molecule has 0 saturated heterocycles. The molecular formula is C66H72N6. The number of fused-ring (bicyclic) bond motifs is 4. The van der Waals surface area contributed by atoms with Crippen LogP contribution in [0.25, 0.3) is 11.4 Å². The summed E-state index contributed by atoms with van der Waals surface area (Å²) >= 11 is 0. The Bertz CT molecular complexity index is 2750. The summed E-state index contributed by atoms with van der Waals surface area (Å²) in [5.41, 5.74) is 30.1. The Balaban J connectivity index is 0.000000537. The zero-order valence-electron chi connectivity index (χ0n) is 43.4. The van der Waals surface area contributed by atoms with Gasteiger partial charge in [0.2, 0.25) is 0 Å². The van der Waals surface area contributed by atoms with Gasteiger partial charge in [0.15, 0.2) is 0 Å². The Morgan fingerprint density at radius 2 is 0.694 bits per heavy atom. The molecule has 0 atom stereocenters. The van der Waals surface area contributed by atoms with Crippen LogP contribution in [0.1, 0.15) is 88.8 Å². The van der Waals surface area contributed by atoms with E-state index in [1.54, 1.807) is 12.2 Å². The number of rotatable bonds is 11. The molecule has 72 heavy (non-hydrogen) atoms. The zero-order chi connectivity index (χ0) is 51.7. The average Bonchev–Trinajstić information content (AvgIpc) is 3.42. The van der Waals surface area contributed by atoms with Crippen molar-refractivity contribution in [3.63, 3.8) is 0 Å². The molecule has 0 saturated carbocycles. The van der Waals surface area contributed by atoms with Gasteiger partial charge in [0.05, 0.1) is 34.1 Å². The van der Waals surface area contributed by atoms with Gasteiger partial charge in [-0.1, -0.05) is 200 Å². The summed E-state index contributed by atoms with van der Waals surface area (Å²) in [6.07, 6.45) is 18.7. The quantitative estimate of drug-likeness (QED) is 0.0968. The maximum Gasteiger partial charge on any atom is 0.0550 e. The summed E-state index contributed by atoms with van der Waals surface area (Å²) in [7, 11) is 0. The minimum atomic E-state index is -0.0911. The summed E-state index contributed by atoms with van der Waals surface area (Å²) in [6.45, 7) is 24.1. The fraction of sp³-hybridized carbons (Fsp3) is 0.152. The SMILES string of the molecule is C/C=C\C=C/C.C=C/C=C\C=C.CC.CC1(C)c2ccccc2N(c2ccc(N/C=C(\N)c3ccc(/C(N)=C/Nc4ccc(N5c6ccccc6C(C)(C)c6ccccc65)cc4)cc3)cc2)c2ccccc21. The molecule has 6 heteroatoms. The molecule has 6 N–H and O–H groups in total. The number of allylic oxidation sites excluding steroid dienone is 8. The van der Waals surface area contributed by atoms with Gasteiger partial charge in [0.1, 0.15) is 0 Å². The third-order valence-corrected chi connectivity index (χ3v) is 12.7. The lowest BCUT2D eigenvalue weighted by molar-refractivity contribution is 0.632. The van der Waals surface area contributed by atoms with Crippen LogP contribution >= 0.6 is 0 Å². The first kappa shape index (κ1) is 52.9. The Kier molecular flexibility index (Phi) is 18.3. The van der Waals surface area contributed by atoms with Gasteiger partial charge in [-0.15, -0.1) is 0 Å². The fourth-order valence-corrected chi connectivity index (χ4v) is 9.03. The molecule has 6 nitrogen and oxygen atoms in total. The standard InChI is InChI=1S/C52H48N6.C6H10.C6H8.C2H6/c1-51(2)41-13-5-9-17-47(41)57(48-18-10-6-14-42(48)51)39-29-25-37(26-30-39)55-33-45(53)35-21-23-36(24-22-35)46(54)34-56-38-27-31-40(32-28-38)58-49-19-11-7-15-43(49)52(3,4)44-16-8-12-20-50(44)58;2*1-3-5-6-4-2;1-2/h5-34,55-56H,53-54H2,1-4H3;3-6H,1-2H3;3-6H,1-2H2;1-2H3/b45-33-,46-34-;5-3-,6-4-;6-5-;. The Morgan fingerprint density at radius 1 is 0.417 bits per heavy atom. The van der Waals surface area contributed by atoms with Crippen molar-refractivity contribution in [3.8, 4) is 0 Å². The van der Waals surface area contributed by atoms with Crippen LogP contribution in [0, 0.1) is 0 Å². The van der Waals surface area contributed by atoms with E-state index in [4.69, 9.17) is 11.5 Å². The predicted molar refractivity (Wildman–Crippen MR) is 315 cm³/mol. The highest BCUT2D eigenvalue weighted by atomic mass is 15.2. The highest BCUT2D eigenvalue weighted by molar-refractivity contribution is 5.88. The van der Waals surface area contributed by atoms with E-state index < -0.39 is 0 Å². The van der Waals surface area contributed by atoms with Crippen LogP contribution in [0.15, 0.2) is 244 Å². The fourth-order valence-electron chi connectivity index (χ4n) is 9.03. The molecule has 0 fully saturated rings. The summed E-state index contributed by atoms with van der Waals surface area (Å²) in [4.78, 5) is 4.71. The molecule has 0 aromatic heterocycles. The second-order valence-corrected chi connectivity index (χ2v) is 18.1. The van der Waals surface area contributed by atoms with Gasteiger partial charge in [0.25, 0.3) is 0 Å². The minimum Gasteiger partial charge on any atom is -0.397 e. The number of hydrogen-bond donors (Lipinski definition) is 4. The third kappa shape index (κ3) is 11.9. The number of nitrogens with one attached hydrogen (secondary N) is 2. The largest absolute Gasteiger partial charge is 0.397 e. The molecule has 0 bridgehead atoms. The Morgan fingerprint density at radius 3 is 0.958 bits per heavy atom. The van der Waals surface area contributed by atoms with E-state index in [9.17, 15) is 0 Å². The van der Waals surface area contributed by atoms with Crippen LogP contribution in [0.5, 0.6) is 0 Å². The molecule has 7 aromatic carbocycles. The lowest BCUT2D eigenvalue weighted by Gasteiger charge is -2.42. The van der Waals surface area contributed by atoms with Crippen molar-refractivity contribution < 1.29 is 0 Å². The normalized spacial score (nSPS) is 13.9. The van der Waals surface area contributed by atoms with E-state index in [1.165, 1.54) is 45.0 Å². The molecule has 0 spiro atoms. The van der Waals surface area contributed by atoms with E-state index >= 15 is 0 Å². The number of benzene rings is 7. The first-order valence-electron chi connectivity index (χ1n) is 24.8. The maximum absolute atomic E-state index is 6.54. The molecule has 0 radical (unpaired) electrons. The minimum absolute atomic E-state index is 0.0911. The van der Waals surface area contributed by atoms with Gasteiger partial charge in [-0.3, -0.25) is 0 Å². The molecule has 0 unspecified atom stereocenters. The molecule has 2 aliphatic rings. The van der Waals surface area contributed by atoms with E-state index in [2.05, 4.69) is 207 Å². The molecule has 2 aliphatic heterocycles. The first-order valence-corrected chi connectivity index (χ1v) is 24.8. The molecule has 2 heterocycles. The lowest BCUT2D eigenvalue weighted by Crippen LogP contribution is -2.30. The van der Waals surface area contributed by atoms with Crippen molar-refractivity contribution in [2.24, 2.45) is 11.5 Å². The van der Waals surface area contributed by atoms with Gasteiger partial charge < -0.3 is 31.9 Å². The lowest BCUT2D eigenvalue weighted by atomic mass is 9.73. The third-order valence-electron chi connectivity index (χ3n) is 12.7. The van der Waals surface area contributed by atoms with Crippen LogP contribution in [0.3, 0.4) is 0 Å². The molecule has 7 aromatic rings. The Hall–Kier alpha value is -8.48.